The Morgan fingerprint density at radius 2 is 2.00 bits per heavy atom. The molecule has 0 spiro atoms. The van der Waals surface area contributed by atoms with Gasteiger partial charge >= 0.3 is 5.97 Å². The number of amides is 2. The van der Waals surface area contributed by atoms with E-state index >= 15 is 0 Å². The first-order valence-corrected chi connectivity index (χ1v) is 8.37. The summed E-state index contributed by atoms with van der Waals surface area (Å²) in [4.78, 5) is 36.9. The number of ether oxygens (including phenoxy) is 1. The highest BCUT2D eigenvalue weighted by Crippen LogP contribution is 2.43. The molecular weight excluding hydrogens is 308 g/mol. The minimum atomic E-state index is -1.65. The standard InChI is InChI=1S/C18H22N2O4/c1-11-6-5-9-13-15(11)20-17(23)18(13,10-14(19)21)24-16(22)12-7-3-2-4-8-12/h5-6,9,12H,2-4,7-8,10H2,1H3,(H2,19,21)(H,20,23). The quantitative estimate of drug-likeness (QED) is 0.826. The van der Waals surface area contributed by atoms with Gasteiger partial charge in [-0.15, -0.1) is 0 Å². The molecule has 0 aromatic heterocycles. The third-order valence-corrected chi connectivity index (χ3v) is 4.95. The molecule has 3 N–H and O–H groups in total. The molecule has 1 aromatic carbocycles. The van der Waals surface area contributed by atoms with E-state index in [0.717, 1.165) is 37.7 Å². The molecular formula is C18H22N2O4. The number of anilines is 1. The zero-order valence-corrected chi connectivity index (χ0v) is 13.8. The molecule has 6 heteroatoms. The van der Waals surface area contributed by atoms with Crippen LogP contribution in [-0.2, 0) is 24.7 Å². The fourth-order valence-corrected chi connectivity index (χ4v) is 3.66. The van der Waals surface area contributed by atoms with E-state index < -0.39 is 23.4 Å². The Hall–Kier alpha value is -2.37. The Bertz CT molecular complexity index is 694. The van der Waals surface area contributed by atoms with Crippen molar-refractivity contribution in [1.29, 1.82) is 0 Å². The molecule has 2 amide bonds. The van der Waals surface area contributed by atoms with Gasteiger partial charge < -0.3 is 15.8 Å². The molecule has 1 atom stereocenters. The number of carbonyl (C=O) groups is 3. The predicted molar refractivity (Wildman–Crippen MR) is 88.0 cm³/mol. The molecule has 1 fully saturated rings. The van der Waals surface area contributed by atoms with Gasteiger partial charge in [0.2, 0.25) is 11.5 Å². The molecule has 6 nitrogen and oxygen atoms in total. The lowest BCUT2D eigenvalue weighted by Gasteiger charge is -2.29. The monoisotopic (exact) mass is 330 g/mol. The van der Waals surface area contributed by atoms with Crippen molar-refractivity contribution in [2.75, 3.05) is 5.32 Å². The Labute approximate surface area is 140 Å². The van der Waals surface area contributed by atoms with Gasteiger partial charge in [-0.2, -0.15) is 0 Å². The Morgan fingerprint density at radius 1 is 1.29 bits per heavy atom. The summed E-state index contributed by atoms with van der Waals surface area (Å²) in [5.41, 5.74) is 5.66. The van der Waals surface area contributed by atoms with Crippen LogP contribution >= 0.6 is 0 Å². The SMILES string of the molecule is Cc1cccc2c1NC(=O)C2(CC(N)=O)OC(=O)C1CCCCC1. The molecule has 1 saturated carbocycles. The Morgan fingerprint density at radius 3 is 2.67 bits per heavy atom. The second kappa shape index (κ2) is 6.26. The van der Waals surface area contributed by atoms with Crippen LogP contribution in [0.3, 0.4) is 0 Å². The second-order valence-corrected chi connectivity index (χ2v) is 6.68. The van der Waals surface area contributed by atoms with Gasteiger partial charge in [0.25, 0.3) is 5.91 Å². The number of fused-ring (bicyclic) bond motifs is 1. The lowest BCUT2D eigenvalue weighted by Crippen LogP contribution is -2.44. The highest BCUT2D eigenvalue weighted by atomic mass is 16.6. The van der Waals surface area contributed by atoms with Crippen molar-refractivity contribution in [2.45, 2.75) is 51.0 Å². The summed E-state index contributed by atoms with van der Waals surface area (Å²) in [7, 11) is 0. The molecule has 24 heavy (non-hydrogen) atoms. The summed E-state index contributed by atoms with van der Waals surface area (Å²) in [5.74, 6) is -1.82. The molecule has 0 radical (unpaired) electrons. The average Bonchev–Trinajstić information content (AvgIpc) is 2.82. The molecule has 1 aliphatic carbocycles. The van der Waals surface area contributed by atoms with Crippen LogP contribution in [0.4, 0.5) is 5.69 Å². The van der Waals surface area contributed by atoms with Crippen LogP contribution < -0.4 is 11.1 Å². The van der Waals surface area contributed by atoms with E-state index in [1.165, 1.54) is 0 Å². The van der Waals surface area contributed by atoms with Gasteiger partial charge in [0.05, 0.1) is 18.0 Å². The van der Waals surface area contributed by atoms with Crippen molar-refractivity contribution >= 4 is 23.5 Å². The van der Waals surface area contributed by atoms with Gasteiger partial charge in [0, 0.05) is 5.56 Å². The number of benzene rings is 1. The largest absolute Gasteiger partial charge is 0.443 e. The number of nitrogens with two attached hydrogens (primary N) is 1. The maximum Gasteiger partial charge on any atom is 0.310 e. The maximum atomic E-state index is 12.7. The first-order valence-electron chi connectivity index (χ1n) is 8.37. The summed E-state index contributed by atoms with van der Waals surface area (Å²) in [6.45, 7) is 1.85. The van der Waals surface area contributed by atoms with E-state index in [0.29, 0.717) is 11.3 Å². The van der Waals surface area contributed by atoms with E-state index in [4.69, 9.17) is 10.5 Å². The number of para-hydroxylation sites is 1. The molecule has 128 valence electrons. The zero-order chi connectivity index (χ0) is 17.3. The van der Waals surface area contributed by atoms with Crippen molar-refractivity contribution in [3.05, 3.63) is 29.3 Å². The number of aryl methyl sites for hydroxylation is 1. The van der Waals surface area contributed by atoms with Crippen LogP contribution in [-0.4, -0.2) is 17.8 Å². The number of esters is 1. The van der Waals surface area contributed by atoms with Gasteiger partial charge in [-0.3, -0.25) is 14.4 Å². The van der Waals surface area contributed by atoms with E-state index in [-0.39, 0.29) is 12.3 Å². The van der Waals surface area contributed by atoms with Crippen LogP contribution in [0.15, 0.2) is 18.2 Å². The third kappa shape index (κ3) is 2.77. The lowest BCUT2D eigenvalue weighted by atomic mass is 9.87. The molecule has 1 aromatic rings. The lowest BCUT2D eigenvalue weighted by molar-refractivity contribution is -0.173. The third-order valence-electron chi connectivity index (χ3n) is 4.95. The molecule has 1 aliphatic heterocycles. The minimum absolute atomic E-state index is 0.217. The van der Waals surface area contributed by atoms with E-state index in [2.05, 4.69) is 5.32 Å². The van der Waals surface area contributed by atoms with Crippen molar-refractivity contribution in [2.24, 2.45) is 11.7 Å². The van der Waals surface area contributed by atoms with Crippen LogP contribution in [0.5, 0.6) is 0 Å². The van der Waals surface area contributed by atoms with Crippen LogP contribution in [0.1, 0.15) is 49.7 Å². The normalized spacial score (nSPS) is 23.5. The van der Waals surface area contributed by atoms with Gasteiger partial charge in [-0.1, -0.05) is 37.5 Å². The molecule has 0 bridgehead atoms. The van der Waals surface area contributed by atoms with Crippen molar-refractivity contribution in [3.63, 3.8) is 0 Å². The molecule has 3 rings (SSSR count). The van der Waals surface area contributed by atoms with Crippen LogP contribution in [0.25, 0.3) is 0 Å². The Balaban J connectivity index is 1.97. The summed E-state index contributed by atoms with van der Waals surface area (Å²) in [6, 6.07) is 5.33. The van der Waals surface area contributed by atoms with E-state index in [1.807, 2.05) is 13.0 Å². The highest BCUT2D eigenvalue weighted by Gasteiger charge is 2.52. The summed E-state index contributed by atoms with van der Waals surface area (Å²) in [6.07, 6.45) is 4.23. The van der Waals surface area contributed by atoms with Crippen LogP contribution in [0.2, 0.25) is 0 Å². The van der Waals surface area contributed by atoms with Gasteiger partial charge in [-0.25, -0.2) is 0 Å². The fraction of sp³-hybridized carbons (Fsp3) is 0.500. The number of carbonyl (C=O) groups excluding carboxylic acids is 3. The van der Waals surface area contributed by atoms with Crippen molar-refractivity contribution in [3.8, 4) is 0 Å². The first-order chi connectivity index (χ1) is 11.4. The van der Waals surface area contributed by atoms with Crippen molar-refractivity contribution in [1.82, 2.24) is 0 Å². The molecule has 0 saturated heterocycles. The highest BCUT2D eigenvalue weighted by molar-refractivity contribution is 6.08. The number of primary amides is 1. The average molecular weight is 330 g/mol. The minimum Gasteiger partial charge on any atom is -0.443 e. The maximum absolute atomic E-state index is 12.7. The van der Waals surface area contributed by atoms with Crippen molar-refractivity contribution < 1.29 is 19.1 Å². The zero-order valence-electron chi connectivity index (χ0n) is 13.8. The molecule has 2 aliphatic rings. The molecule has 1 heterocycles. The number of hydrogen-bond acceptors (Lipinski definition) is 4. The summed E-state index contributed by atoms with van der Waals surface area (Å²) in [5, 5.41) is 2.75. The number of rotatable bonds is 4. The van der Waals surface area contributed by atoms with Gasteiger partial charge in [0.1, 0.15) is 0 Å². The molecule has 1 unspecified atom stereocenters. The topological polar surface area (TPSA) is 98.5 Å². The summed E-state index contributed by atoms with van der Waals surface area (Å²) < 4.78 is 5.69. The van der Waals surface area contributed by atoms with E-state index in [1.54, 1.807) is 12.1 Å². The fourth-order valence-electron chi connectivity index (χ4n) is 3.66. The second-order valence-electron chi connectivity index (χ2n) is 6.68. The number of nitrogens with one attached hydrogen (secondary N) is 1. The Kier molecular flexibility index (Phi) is 4.30. The van der Waals surface area contributed by atoms with E-state index in [9.17, 15) is 14.4 Å². The van der Waals surface area contributed by atoms with Crippen LogP contribution in [0, 0.1) is 12.8 Å². The van der Waals surface area contributed by atoms with Gasteiger partial charge in [0.15, 0.2) is 0 Å². The summed E-state index contributed by atoms with van der Waals surface area (Å²) >= 11 is 0. The number of hydrogen-bond donors (Lipinski definition) is 2. The van der Waals surface area contributed by atoms with Gasteiger partial charge in [-0.05, 0) is 25.3 Å². The smallest absolute Gasteiger partial charge is 0.310 e. The first kappa shape index (κ1) is 16.5. The predicted octanol–water partition coefficient (Wildman–Crippen LogP) is 2.14.